The Kier molecular flexibility index (Phi) is 4.48. The first kappa shape index (κ1) is 17.5. The van der Waals surface area contributed by atoms with Crippen molar-refractivity contribution < 1.29 is 15.0 Å². The highest BCUT2D eigenvalue weighted by Gasteiger charge is 2.53. The molecule has 0 bridgehead atoms. The van der Waals surface area contributed by atoms with Crippen molar-refractivity contribution in [3.8, 4) is 0 Å². The lowest BCUT2D eigenvalue weighted by atomic mass is 9.56. The zero-order valence-corrected chi connectivity index (χ0v) is 15.3. The molecule has 0 amide bonds. The Hall–Kier alpha value is -0.870. The molecule has 1 aromatic carbocycles. The SMILES string of the molecule is CC1(C)CC(C)(C)CC(O)(C(C(=O)O)c2cccc(Br)c2)C1. The topological polar surface area (TPSA) is 57.5 Å². The van der Waals surface area contributed by atoms with Crippen molar-refractivity contribution in [2.75, 3.05) is 0 Å². The molecule has 2 rings (SSSR count). The Morgan fingerprint density at radius 1 is 1.14 bits per heavy atom. The number of carboxylic acid groups (broad SMARTS) is 1. The number of aliphatic carboxylic acids is 1. The smallest absolute Gasteiger partial charge is 0.313 e. The van der Waals surface area contributed by atoms with E-state index in [4.69, 9.17) is 0 Å². The number of hydrogen-bond acceptors (Lipinski definition) is 2. The fraction of sp³-hybridized carbons (Fsp3) is 0.611. The van der Waals surface area contributed by atoms with Crippen LogP contribution in [0.4, 0.5) is 0 Å². The molecule has 0 spiro atoms. The van der Waals surface area contributed by atoms with E-state index in [2.05, 4.69) is 43.6 Å². The highest BCUT2D eigenvalue weighted by molar-refractivity contribution is 9.10. The summed E-state index contributed by atoms with van der Waals surface area (Å²) in [6, 6.07) is 7.26. The van der Waals surface area contributed by atoms with Crippen molar-refractivity contribution in [2.24, 2.45) is 10.8 Å². The van der Waals surface area contributed by atoms with Crippen LogP contribution in [0.25, 0.3) is 0 Å². The maximum absolute atomic E-state index is 12.0. The van der Waals surface area contributed by atoms with E-state index in [0.29, 0.717) is 18.4 Å². The van der Waals surface area contributed by atoms with Crippen LogP contribution in [0.1, 0.15) is 58.4 Å². The van der Waals surface area contributed by atoms with E-state index in [1.165, 1.54) is 0 Å². The normalized spacial score (nSPS) is 23.7. The maximum Gasteiger partial charge on any atom is 0.313 e. The van der Waals surface area contributed by atoms with E-state index in [1.807, 2.05) is 12.1 Å². The summed E-state index contributed by atoms with van der Waals surface area (Å²) in [4.78, 5) is 12.0. The summed E-state index contributed by atoms with van der Waals surface area (Å²) in [5, 5.41) is 21.1. The minimum Gasteiger partial charge on any atom is -0.481 e. The number of halogens is 1. The van der Waals surface area contributed by atoms with Gasteiger partial charge in [-0.2, -0.15) is 0 Å². The monoisotopic (exact) mass is 368 g/mol. The van der Waals surface area contributed by atoms with Crippen LogP contribution < -0.4 is 0 Å². The van der Waals surface area contributed by atoms with E-state index in [9.17, 15) is 15.0 Å². The summed E-state index contributed by atoms with van der Waals surface area (Å²) in [6.07, 6.45) is 1.97. The van der Waals surface area contributed by atoms with Crippen LogP contribution in [0.5, 0.6) is 0 Å². The molecule has 1 fully saturated rings. The molecule has 1 aliphatic carbocycles. The second-order valence-corrected chi connectivity index (χ2v) is 9.20. The van der Waals surface area contributed by atoms with Gasteiger partial charge >= 0.3 is 5.97 Å². The molecule has 0 aliphatic heterocycles. The number of aliphatic hydroxyl groups is 1. The van der Waals surface area contributed by atoms with Crippen LogP contribution >= 0.6 is 15.9 Å². The zero-order valence-electron chi connectivity index (χ0n) is 13.7. The molecule has 0 aromatic heterocycles. The van der Waals surface area contributed by atoms with Gasteiger partial charge in [-0.3, -0.25) is 4.79 Å². The fourth-order valence-electron chi connectivity index (χ4n) is 4.71. The Labute approximate surface area is 140 Å². The molecule has 1 aromatic rings. The molecule has 122 valence electrons. The summed E-state index contributed by atoms with van der Waals surface area (Å²) in [5.41, 5.74) is -0.762. The zero-order chi connectivity index (χ0) is 16.8. The van der Waals surface area contributed by atoms with Gasteiger partial charge in [0.15, 0.2) is 0 Å². The third-order valence-electron chi connectivity index (χ3n) is 4.49. The molecule has 1 aliphatic rings. The maximum atomic E-state index is 12.0. The quantitative estimate of drug-likeness (QED) is 0.820. The highest BCUT2D eigenvalue weighted by atomic mass is 79.9. The van der Waals surface area contributed by atoms with Gasteiger partial charge in [0, 0.05) is 4.47 Å². The highest BCUT2D eigenvalue weighted by Crippen LogP contribution is 2.54. The number of benzene rings is 1. The average Bonchev–Trinajstić information content (AvgIpc) is 2.21. The largest absolute Gasteiger partial charge is 0.481 e. The first-order valence-corrected chi connectivity index (χ1v) is 8.44. The molecule has 2 N–H and O–H groups in total. The van der Waals surface area contributed by atoms with Crippen molar-refractivity contribution in [3.05, 3.63) is 34.3 Å². The van der Waals surface area contributed by atoms with Gasteiger partial charge < -0.3 is 10.2 Å². The summed E-state index contributed by atoms with van der Waals surface area (Å²) in [7, 11) is 0. The average molecular weight is 369 g/mol. The first-order chi connectivity index (χ1) is 9.94. The summed E-state index contributed by atoms with van der Waals surface area (Å²) in [5.74, 6) is -1.88. The Morgan fingerprint density at radius 2 is 1.68 bits per heavy atom. The molecule has 1 unspecified atom stereocenters. The van der Waals surface area contributed by atoms with E-state index >= 15 is 0 Å². The van der Waals surface area contributed by atoms with Crippen molar-refractivity contribution in [1.82, 2.24) is 0 Å². The van der Waals surface area contributed by atoms with Gasteiger partial charge in [-0.1, -0.05) is 55.8 Å². The van der Waals surface area contributed by atoms with Crippen molar-refractivity contribution in [3.63, 3.8) is 0 Å². The molecule has 0 radical (unpaired) electrons. The molecule has 0 saturated heterocycles. The van der Waals surface area contributed by atoms with E-state index in [1.54, 1.807) is 12.1 Å². The number of carbonyl (C=O) groups is 1. The molecular formula is C18H25BrO3. The second-order valence-electron chi connectivity index (χ2n) is 8.29. The lowest BCUT2D eigenvalue weighted by Gasteiger charge is -2.51. The first-order valence-electron chi connectivity index (χ1n) is 7.65. The van der Waals surface area contributed by atoms with Gasteiger partial charge in [-0.05, 0) is 47.8 Å². The lowest BCUT2D eigenvalue weighted by Crippen LogP contribution is -2.51. The Morgan fingerprint density at radius 3 is 2.14 bits per heavy atom. The Balaban J connectivity index is 2.49. The van der Waals surface area contributed by atoms with Crippen molar-refractivity contribution in [2.45, 2.75) is 58.5 Å². The Bertz CT molecular complexity index is 561. The lowest BCUT2D eigenvalue weighted by molar-refractivity contribution is -0.155. The van der Waals surface area contributed by atoms with Crippen LogP contribution in [0.2, 0.25) is 0 Å². The molecule has 1 atom stereocenters. The standard InChI is InChI=1S/C18H25BrO3/c1-16(2)9-17(3,4)11-18(22,10-16)14(15(20)21)12-6-5-7-13(19)8-12/h5-8,14,22H,9-11H2,1-4H3,(H,20,21). The summed E-state index contributed by atoms with van der Waals surface area (Å²) < 4.78 is 0.828. The van der Waals surface area contributed by atoms with E-state index < -0.39 is 17.5 Å². The van der Waals surface area contributed by atoms with Crippen LogP contribution in [-0.4, -0.2) is 21.8 Å². The van der Waals surface area contributed by atoms with Crippen LogP contribution in [0, 0.1) is 10.8 Å². The van der Waals surface area contributed by atoms with Gasteiger partial charge in [0.1, 0.15) is 5.92 Å². The third-order valence-corrected chi connectivity index (χ3v) is 4.99. The predicted molar refractivity (Wildman–Crippen MR) is 90.9 cm³/mol. The molecule has 22 heavy (non-hydrogen) atoms. The van der Waals surface area contributed by atoms with Crippen molar-refractivity contribution >= 4 is 21.9 Å². The molecule has 4 heteroatoms. The van der Waals surface area contributed by atoms with Gasteiger partial charge in [0.2, 0.25) is 0 Å². The molecule has 3 nitrogen and oxygen atoms in total. The van der Waals surface area contributed by atoms with Crippen LogP contribution in [0.15, 0.2) is 28.7 Å². The summed E-state index contributed by atoms with van der Waals surface area (Å²) >= 11 is 3.39. The minimum atomic E-state index is -1.24. The van der Waals surface area contributed by atoms with Gasteiger partial charge in [0.05, 0.1) is 5.60 Å². The van der Waals surface area contributed by atoms with Gasteiger partial charge in [-0.25, -0.2) is 0 Å². The van der Waals surface area contributed by atoms with Crippen LogP contribution in [0.3, 0.4) is 0 Å². The predicted octanol–water partition coefficient (Wildman–Crippen LogP) is 4.58. The van der Waals surface area contributed by atoms with Crippen molar-refractivity contribution in [1.29, 1.82) is 0 Å². The number of rotatable bonds is 3. The molecule has 1 saturated carbocycles. The fourth-order valence-corrected chi connectivity index (χ4v) is 5.13. The van der Waals surface area contributed by atoms with Gasteiger partial charge in [-0.15, -0.1) is 0 Å². The van der Waals surface area contributed by atoms with Gasteiger partial charge in [0.25, 0.3) is 0 Å². The van der Waals surface area contributed by atoms with Crippen LogP contribution in [-0.2, 0) is 4.79 Å². The number of carboxylic acids is 1. The summed E-state index contributed by atoms with van der Waals surface area (Å²) in [6.45, 7) is 8.44. The molecule has 0 heterocycles. The molecular weight excluding hydrogens is 344 g/mol. The number of hydrogen-bond donors (Lipinski definition) is 2. The van der Waals surface area contributed by atoms with E-state index in [0.717, 1.165) is 10.9 Å². The second kappa shape index (κ2) is 5.64. The minimum absolute atomic E-state index is 0.0871. The third kappa shape index (κ3) is 3.72. The van der Waals surface area contributed by atoms with E-state index in [-0.39, 0.29) is 10.8 Å².